The van der Waals surface area contributed by atoms with Crippen LogP contribution in [0, 0.1) is 6.92 Å². The fourth-order valence-corrected chi connectivity index (χ4v) is 1.07. The monoisotopic (exact) mass is 163 g/mol. The minimum Gasteiger partial charge on any atom is -0.490 e. The van der Waals surface area contributed by atoms with E-state index in [1.54, 1.807) is 0 Å². The maximum atomic E-state index is 5.54. The van der Waals surface area contributed by atoms with Crippen molar-refractivity contribution in [3.05, 3.63) is 37.3 Å². The Kier molecular flexibility index (Phi) is 3.65. The normalized spacial score (nSPS) is 12.5. The molecule has 0 aromatic heterocycles. The maximum Gasteiger partial charge on any atom is 0.119 e. The lowest BCUT2D eigenvalue weighted by atomic mass is 10.2. The van der Waals surface area contributed by atoms with Crippen LogP contribution in [0.4, 0.5) is 0 Å². The van der Waals surface area contributed by atoms with Crippen molar-refractivity contribution in [3.8, 4) is 5.75 Å². The third-order valence-electron chi connectivity index (χ3n) is 1.66. The highest BCUT2D eigenvalue weighted by atomic mass is 16.5. The zero-order chi connectivity index (χ0) is 8.81. The van der Waals surface area contributed by atoms with E-state index in [0.29, 0.717) is 0 Å². The molecule has 0 bridgehead atoms. The largest absolute Gasteiger partial charge is 0.490 e. The van der Waals surface area contributed by atoms with Gasteiger partial charge in [-0.05, 0) is 25.5 Å². The first kappa shape index (κ1) is 9.11. The Hall–Kier alpha value is -0.980. The molecule has 0 aliphatic rings. The summed E-state index contributed by atoms with van der Waals surface area (Å²) >= 11 is 0. The molecule has 0 aliphatic carbocycles. The smallest absolute Gasteiger partial charge is 0.119 e. The average Bonchev–Trinajstić information content (AvgIpc) is 2.06. The van der Waals surface area contributed by atoms with Gasteiger partial charge < -0.3 is 4.74 Å². The summed E-state index contributed by atoms with van der Waals surface area (Å²) < 4.78 is 5.54. The van der Waals surface area contributed by atoms with Crippen molar-refractivity contribution >= 4 is 0 Å². The van der Waals surface area contributed by atoms with Crippen molar-refractivity contribution in [3.63, 3.8) is 0 Å². The Labute approximate surface area is 74.4 Å². The summed E-state index contributed by atoms with van der Waals surface area (Å²) in [6.45, 7) is 6.03. The number of rotatable bonds is 4. The zero-order valence-electron chi connectivity index (χ0n) is 7.49. The van der Waals surface area contributed by atoms with E-state index in [-0.39, 0.29) is 6.10 Å². The van der Waals surface area contributed by atoms with Crippen LogP contribution in [0.5, 0.6) is 5.75 Å². The predicted molar refractivity (Wildman–Crippen MR) is 51.1 cm³/mol. The topological polar surface area (TPSA) is 9.23 Å². The molecular weight excluding hydrogens is 148 g/mol. The Balaban J connectivity index is 2.41. The molecule has 0 saturated heterocycles. The lowest BCUT2D eigenvalue weighted by molar-refractivity contribution is 0.235. The molecule has 65 valence electrons. The summed E-state index contributed by atoms with van der Waals surface area (Å²) in [5.74, 6) is 0.908. The van der Waals surface area contributed by atoms with E-state index in [1.165, 1.54) is 0 Å². The standard InChI is InChI=1S/C11H15O/c1-3-7-10(2)12-11-8-5-4-6-9-11/h4-6,8-10H,2-3,7H2,1H3. The quantitative estimate of drug-likeness (QED) is 0.662. The van der Waals surface area contributed by atoms with Gasteiger partial charge >= 0.3 is 0 Å². The van der Waals surface area contributed by atoms with Crippen LogP contribution < -0.4 is 4.74 Å². The minimum atomic E-state index is 0.0809. The summed E-state index contributed by atoms with van der Waals surface area (Å²) in [6.07, 6.45) is 2.20. The van der Waals surface area contributed by atoms with E-state index in [4.69, 9.17) is 4.74 Å². The lowest BCUT2D eigenvalue weighted by Crippen LogP contribution is -2.11. The van der Waals surface area contributed by atoms with Crippen molar-refractivity contribution in [1.29, 1.82) is 0 Å². The SMILES string of the molecule is [CH2]C(CCC)Oc1ccccc1. The molecule has 0 N–H and O–H groups in total. The second-order valence-corrected chi connectivity index (χ2v) is 2.84. The van der Waals surface area contributed by atoms with Crippen molar-refractivity contribution < 1.29 is 4.74 Å². The van der Waals surface area contributed by atoms with Crippen LogP contribution in [-0.4, -0.2) is 6.10 Å². The molecule has 0 fully saturated rings. The molecule has 0 spiro atoms. The Morgan fingerprint density at radius 1 is 1.33 bits per heavy atom. The van der Waals surface area contributed by atoms with Crippen LogP contribution in [0.15, 0.2) is 30.3 Å². The molecule has 1 nitrogen and oxygen atoms in total. The van der Waals surface area contributed by atoms with Crippen LogP contribution in [0.25, 0.3) is 0 Å². The minimum absolute atomic E-state index is 0.0809. The summed E-state index contributed by atoms with van der Waals surface area (Å²) in [5, 5.41) is 0. The zero-order valence-corrected chi connectivity index (χ0v) is 7.49. The highest BCUT2D eigenvalue weighted by molar-refractivity contribution is 5.21. The van der Waals surface area contributed by atoms with Gasteiger partial charge in [0.2, 0.25) is 0 Å². The van der Waals surface area contributed by atoms with E-state index in [2.05, 4.69) is 13.8 Å². The molecule has 1 aromatic carbocycles. The van der Waals surface area contributed by atoms with Crippen LogP contribution in [-0.2, 0) is 0 Å². The number of hydrogen-bond acceptors (Lipinski definition) is 1. The van der Waals surface area contributed by atoms with Crippen molar-refractivity contribution in [1.82, 2.24) is 0 Å². The highest BCUT2D eigenvalue weighted by Crippen LogP contribution is 2.12. The van der Waals surface area contributed by atoms with Crippen LogP contribution in [0.1, 0.15) is 19.8 Å². The van der Waals surface area contributed by atoms with E-state index in [9.17, 15) is 0 Å². The van der Waals surface area contributed by atoms with E-state index < -0.39 is 0 Å². The number of benzene rings is 1. The number of ether oxygens (including phenoxy) is 1. The molecule has 1 atom stereocenters. The van der Waals surface area contributed by atoms with Crippen LogP contribution in [0.2, 0.25) is 0 Å². The molecule has 12 heavy (non-hydrogen) atoms. The second kappa shape index (κ2) is 4.81. The molecule has 1 aromatic rings. The summed E-state index contributed by atoms with van der Waals surface area (Å²) in [5.41, 5.74) is 0. The first-order chi connectivity index (χ1) is 5.83. The Morgan fingerprint density at radius 3 is 2.58 bits per heavy atom. The van der Waals surface area contributed by atoms with Gasteiger partial charge in [0, 0.05) is 0 Å². The van der Waals surface area contributed by atoms with Crippen LogP contribution in [0.3, 0.4) is 0 Å². The second-order valence-electron chi connectivity index (χ2n) is 2.84. The third kappa shape index (κ3) is 2.95. The van der Waals surface area contributed by atoms with Gasteiger partial charge in [-0.2, -0.15) is 0 Å². The Bertz CT molecular complexity index is 206. The van der Waals surface area contributed by atoms with Gasteiger partial charge in [-0.25, -0.2) is 0 Å². The molecule has 1 unspecified atom stereocenters. The summed E-state index contributed by atoms with van der Waals surface area (Å²) in [7, 11) is 0. The summed E-state index contributed by atoms with van der Waals surface area (Å²) in [4.78, 5) is 0. The molecule has 1 radical (unpaired) electrons. The number of hydrogen-bond donors (Lipinski definition) is 0. The van der Waals surface area contributed by atoms with Gasteiger partial charge in [0.25, 0.3) is 0 Å². The fraction of sp³-hybridized carbons (Fsp3) is 0.364. The molecule has 0 saturated carbocycles. The van der Waals surface area contributed by atoms with Gasteiger partial charge in [-0.1, -0.05) is 31.5 Å². The molecular formula is C11H15O. The van der Waals surface area contributed by atoms with Gasteiger partial charge in [-0.3, -0.25) is 0 Å². The van der Waals surface area contributed by atoms with Crippen LogP contribution >= 0.6 is 0 Å². The lowest BCUT2D eigenvalue weighted by Gasteiger charge is -2.12. The van der Waals surface area contributed by atoms with Crippen molar-refractivity contribution in [2.75, 3.05) is 0 Å². The van der Waals surface area contributed by atoms with Gasteiger partial charge in [-0.15, -0.1) is 0 Å². The third-order valence-corrected chi connectivity index (χ3v) is 1.66. The van der Waals surface area contributed by atoms with Gasteiger partial charge in [0.1, 0.15) is 5.75 Å². The molecule has 1 heteroatoms. The maximum absolute atomic E-state index is 5.54. The van der Waals surface area contributed by atoms with E-state index >= 15 is 0 Å². The molecule has 1 rings (SSSR count). The van der Waals surface area contributed by atoms with Crippen molar-refractivity contribution in [2.45, 2.75) is 25.9 Å². The van der Waals surface area contributed by atoms with E-state index in [1.807, 2.05) is 30.3 Å². The number of para-hydroxylation sites is 1. The first-order valence-electron chi connectivity index (χ1n) is 4.37. The summed E-state index contributed by atoms with van der Waals surface area (Å²) in [6, 6.07) is 9.81. The predicted octanol–water partition coefficient (Wildman–Crippen LogP) is 3.07. The molecule has 0 amide bonds. The van der Waals surface area contributed by atoms with Gasteiger partial charge in [0.05, 0.1) is 6.10 Å². The average molecular weight is 163 g/mol. The Morgan fingerprint density at radius 2 is 2.00 bits per heavy atom. The molecule has 0 heterocycles. The van der Waals surface area contributed by atoms with E-state index in [0.717, 1.165) is 18.6 Å². The van der Waals surface area contributed by atoms with Gasteiger partial charge in [0.15, 0.2) is 0 Å². The highest BCUT2D eigenvalue weighted by Gasteiger charge is 2.00. The van der Waals surface area contributed by atoms with Crippen molar-refractivity contribution in [2.24, 2.45) is 0 Å². The first-order valence-corrected chi connectivity index (χ1v) is 4.37. The molecule has 0 aliphatic heterocycles. The fourth-order valence-electron chi connectivity index (χ4n) is 1.07.